The van der Waals surface area contributed by atoms with Crippen LogP contribution in [0.1, 0.15) is 17.3 Å². The van der Waals surface area contributed by atoms with Crippen LogP contribution in [-0.4, -0.2) is 37.1 Å². The fourth-order valence-electron chi connectivity index (χ4n) is 1.90. The van der Waals surface area contributed by atoms with E-state index in [0.29, 0.717) is 23.8 Å². The number of carbonyl (C=O) groups excluding carboxylic acids is 1. The Balaban J connectivity index is 2.11. The van der Waals surface area contributed by atoms with Crippen LogP contribution in [0.25, 0.3) is 11.6 Å². The number of rotatable bonds is 4. The smallest absolute Gasteiger partial charge is 0.338 e. The molecule has 7 nitrogen and oxygen atoms in total. The highest BCUT2D eigenvalue weighted by molar-refractivity contribution is 14.1. The lowest BCUT2D eigenvalue weighted by Crippen LogP contribution is -2.10. The van der Waals surface area contributed by atoms with Crippen LogP contribution in [-0.2, 0) is 4.74 Å². The molecule has 112 valence electrons. The molecule has 0 bridgehead atoms. The van der Waals surface area contributed by atoms with Gasteiger partial charge in [-0.2, -0.15) is 10.2 Å². The Morgan fingerprint density at radius 2 is 2.05 bits per heavy atom. The summed E-state index contributed by atoms with van der Waals surface area (Å²) in [6.07, 6.45) is 6.95. The lowest BCUT2D eigenvalue weighted by molar-refractivity contribution is 0.0526. The second-order valence-corrected chi connectivity index (χ2v) is 5.59. The van der Waals surface area contributed by atoms with Crippen molar-refractivity contribution in [2.24, 2.45) is 0 Å². The summed E-state index contributed by atoms with van der Waals surface area (Å²) < 4.78 is 9.24. The molecule has 22 heavy (non-hydrogen) atoms. The summed E-state index contributed by atoms with van der Waals surface area (Å²) in [6.45, 7) is 2.08. The summed E-state index contributed by atoms with van der Waals surface area (Å²) in [5, 5.41) is 8.36. The van der Waals surface area contributed by atoms with Crippen molar-refractivity contribution in [2.45, 2.75) is 6.92 Å². The highest BCUT2D eigenvalue weighted by Crippen LogP contribution is 2.15. The van der Waals surface area contributed by atoms with Crippen molar-refractivity contribution in [2.75, 3.05) is 6.61 Å². The Bertz CT molecular complexity index is 797. The van der Waals surface area contributed by atoms with E-state index in [0.717, 1.165) is 3.57 Å². The van der Waals surface area contributed by atoms with Crippen molar-refractivity contribution in [1.82, 2.24) is 24.5 Å². The molecular weight excluding hydrogens is 397 g/mol. The second-order valence-electron chi connectivity index (χ2n) is 4.35. The van der Waals surface area contributed by atoms with Crippen LogP contribution < -0.4 is 0 Å². The first-order valence-corrected chi connectivity index (χ1v) is 7.65. The number of carbonyl (C=O) groups is 1. The topological polar surface area (TPSA) is 74.8 Å². The zero-order valence-electron chi connectivity index (χ0n) is 11.7. The highest BCUT2D eigenvalue weighted by atomic mass is 127. The second kappa shape index (κ2) is 6.26. The third-order valence-electron chi connectivity index (χ3n) is 2.83. The van der Waals surface area contributed by atoms with E-state index < -0.39 is 5.97 Å². The minimum Gasteiger partial charge on any atom is -0.462 e. The fourth-order valence-corrected chi connectivity index (χ4v) is 2.29. The van der Waals surface area contributed by atoms with Gasteiger partial charge < -0.3 is 4.74 Å². The molecule has 0 aliphatic carbocycles. The number of aromatic nitrogens is 5. The molecule has 0 amide bonds. The molecule has 8 heteroatoms. The maximum atomic E-state index is 12.0. The Kier molecular flexibility index (Phi) is 4.18. The van der Waals surface area contributed by atoms with Gasteiger partial charge in [-0.3, -0.25) is 0 Å². The summed E-state index contributed by atoms with van der Waals surface area (Å²) in [7, 11) is 0. The molecule has 0 spiro atoms. The molecule has 0 aliphatic rings. The average Bonchev–Trinajstić information content (AvgIpc) is 3.18. The molecule has 3 heterocycles. The van der Waals surface area contributed by atoms with Crippen molar-refractivity contribution in [3.05, 3.63) is 52.1 Å². The molecule has 0 aromatic carbocycles. The third kappa shape index (κ3) is 3.01. The lowest BCUT2D eigenvalue weighted by Gasteiger charge is -2.08. The van der Waals surface area contributed by atoms with Gasteiger partial charge in [-0.25, -0.2) is 19.1 Å². The minimum absolute atomic E-state index is 0.313. The number of hydrogen-bond acceptors (Lipinski definition) is 5. The fraction of sp³-hybridized carbons (Fsp3) is 0.143. The van der Waals surface area contributed by atoms with Gasteiger partial charge in [0.2, 0.25) is 0 Å². The summed E-state index contributed by atoms with van der Waals surface area (Å²) in [5.74, 6) is 0.649. The molecule has 3 rings (SSSR count). The molecule has 3 aromatic heterocycles. The van der Waals surface area contributed by atoms with Gasteiger partial charge >= 0.3 is 5.97 Å². The number of nitrogens with zero attached hydrogens (tertiary/aromatic N) is 5. The van der Waals surface area contributed by atoms with Crippen LogP contribution in [0.3, 0.4) is 0 Å². The van der Waals surface area contributed by atoms with E-state index >= 15 is 0 Å². The van der Waals surface area contributed by atoms with E-state index in [1.165, 1.54) is 0 Å². The molecule has 0 radical (unpaired) electrons. The third-order valence-corrected chi connectivity index (χ3v) is 3.39. The monoisotopic (exact) mass is 409 g/mol. The first kappa shape index (κ1) is 14.7. The largest absolute Gasteiger partial charge is 0.462 e. The molecule has 0 fully saturated rings. The number of esters is 1. The van der Waals surface area contributed by atoms with Crippen molar-refractivity contribution in [1.29, 1.82) is 0 Å². The standard InChI is InChI=1S/C14H12IN5O2/c1-2-22-14(21)10-6-12(19-5-3-4-16-19)18-13(7-10)20-9-11(15)8-17-20/h3-9H,2H2,1H3. The Morgan fingerprint density at radius 3 is 2.64 bits per heavy atom. The molecule has 3 aromatic rings. The van der Waals surface area contributed by atoms with Gasteiger partial charge in [0.05, 0.1) is 21.9 Å². The number of pyridine rings is 1. The molecule has 0 aliphatic heterocycles. The summed E-state index contributed by atoms with van der Waals surface area (Å²) in [4.78, 5) is 16.5. The lowest BCUT2D eigenvalue weighted by atomic mass is 10.2. The van der Waals surface area contributed by atoms with Crippen molar-refractivity contribution in [3.8, 4) is 11.6 Å². The maximum Gasteiger partial charge on any atom is 0.338 e. The van der Waals surface area contributed by atoms with Crippen molar-refractivity contribution < 1.29 is 9.53 Å². The molecule has 0 N–H and O–H groups in total. The van der Waals surface area contributed by atoms with Crippen molar-refractivity contribution in [3.63, 3.8) is 0 Å². The van der Waals surface area contributed by atoms with Gasteiger partial charge in [0.15, 0.2) is 11.6 Å². The van der Waals surface area contributed by atoms with Crippen LogP contribution in [0.5, 0.6) is 0 Å². The zero-order valence-corrected chi connectivity index (χ0v) is 13.8. The van der Waals surface area contributed by atoms with E-state index in [2.05, 4.69) is 37.8 Å². The van der Waals surface area contributed by atoms with Crippen LogP contribution in [0.4, 0.5) is 0 Å². The first-order chi connectivity index (χ1) is 10.7. The van der Waals surface area contributed by atoms with E-state index in [9.17, 15) is 4.79 Å². The molecular formula is C14H12IN5O2. The van der Waals surface area contributed by atoms with E-state index in [-0.39, 0.29) is 0 Å². The van der Waals surface area contributed by atoms with E-state index in [1.807, 2.05) is 6.20 Å². The molecule has 0 unspecified atom stereocenters. The van der Waals surface area contributed by atoms with Crippen LogP contribution in [0.15, 0.2) is 43.0 Å². The van der Waals surface area contributed by atoms with Crippen LogP contribution >= 0.6 is 22.6 Å². The zero-order chi connectivity index (χ0) is 15.5. The normalized spacial score (nSPS) is 10.6. The van der Waals surface area contributed by atoms with Gasteiger partial charge in [-0.15, -0.1) is 0 Å². The van der Waals surface area contributed by atoms with Crippen LogP contribution in [0.2, 0.25) is 0 Å². The Hall–Kier alpha value is -2.23. The predicted molar refractivity (Wildman–Crippen MR) is 87.2 cm³/mol. The number of hydrogen-bond donors (Lipinski definition) is 0. The summed E-state index contributed by atoms with van der Waals surface area (Å²) in [6, 6.07) is 5.08. The first-order valence-electron chi connectivity index (χ1n) is 6.57. The summed E-state index contributed by atoms with van der Waals surface area (Å²) >= 11 is 2.16. The molecule has 0 saturated carbocycles. The number of halogens is 1. The average molecular weight is 409 g/mol. The highest BCUT2D eigenvalue weighted by Gasteiger charge is 2.13. The minimum atomic E-state index is -0.401. The van der Waals surface area contributed by atoms with Gasteiger partial charge in [-0.05, 0) is 47.7 Å². The van der Waals surface area contributed by atoms with E-state index in [4.69, 9.17) is 4.74 Å². The Morgan fingerprint density at radius 1 is 1.27 bits per heavy atom. The molecule has 0 saturated heterocycles. The van der Waals surface area contributed by atoms with E-state index in [1.54, 1.807) is 53.1 Å². The Labute approximate surface area is 140 Å². The summed E-state index contributed by atoms with van der Waals surface area (Å²) in [5.41, 5.74) is 0.405. The molecule has 0 atom stereocenters. The van der Waals surface area contributed by atoms with Gasteiger partial charge in [0, 0.05) is 18.6 Å². The van der Waals surface area contributed by atoms with Gasteiger partial charge in [0.1, 0.15) is 0 Å². The maximum absolute atomic E-state index is 12.0. The SMILES string of the molecule is CCOC(=O)c1cc(-n2cccn2)nc(-n2cc(I)cn2)c1. The predicted octanol–water partition coefficient (Wildman–Crippen LogP) is 2.23. The van der Waals surface area contributed by atoms with Gasteiger partial charge in [0.25, 0.3) is 0 Å². The van der Waals surface area contributed by atoms with Crippen molar-refractivity contribution >= 4 is 28.6 Å². The number of ether oxygens (including phenoxy) is 1. The van der Waals surface area contributed by atoms with Gasteiger partial charge in [-0.1, -0.05) is 0 Å². The van der Waals surface area contributed by atoms with Crippen LogP contribution in [0, 0.1) is 3.57 Å². The quantitative estimate of drug-likeness (QED) is 0.488.